The van der Waals surface area contributed by atoms with Crippen LogP contribution in [0.5, 0.6) is 0 Å². The van der Waals surface area contributed by atoms with Gasteiger partial charge in [-0.25, -0.2) is 13.2 Å². The molecule has 0 aliphatic carbocycles. The molecule has 0 spiro atoms. The third kappa shape index (κ3) is 5.60. The number of nitrogens with one attached hydrogen (secondary N) is 1. The lowest BCUT2D eigenvalue weighted by atomic mass is 10.2. The number of sulfonamides is 1. The van der Waals surface area contributed by atoms with Gasteiger partial charge in [0.25, 0.3) is 5.91 Å². The quantitative estimate of drug-likeness (QED) is 0.395. The van der Waals surface area contributed by atoms with E-state index in [9.17, 15) is 18.0 Å². The Hall–Kier alpha value is -3.19. The third-order valence-corrected chi connectivity index (χ3v) is 7.26. The molecule has 1 N–H and O–H groups in total. The average Bonchev–Trinajstić information content (AvgIpc) is 3.32. The molecule has 0 saturated carbocycles. The van der Waals surface area contributed by atoms with Gasteiger partial charge in [0.1, 0.15) is 11.0 Å². The van der Waals surface area contributed by atoms with Crippen molar-refractivity contribution in [2.24, 2.45) is 0 Å². The summed E-state index contributed by atoms with van der Waals surface area (Å²) in [5.41, 5.74) is 2.34. The highest BCUT2D eigenvalue weighted by Crippen LogP contribution is 2.21. The number of morpholine rings is 1. The number of esters is 1. The van der Waals surface area contributed by atoms with E-state index in [-0.39, 0.29) is 4.90 Å². The Morgan fingerprint density at radius 3 is 2.64 bits per heavy atom. The number of hydrogen-bond donors (Lipinski definition) is 1. The Kier molecular flexibility index (Phi) is 7.08. The molecule has 1 aromatic heterocycles. The zero-order chi connectivity index (χ0) is 23.3. The van der Waals surface area contributed by atoms with Gasteiger partial charge in [0.15, 0.2) is 6.61 Å². The van der Waals surface area contributed by atoms with Gasteiger partial charge >= 0.3 is 5.97 Å². The van der Waals surface area contributed by atoms with Gasteiger partial charge in [-0.15, -0.1) is 0 Å². The molecule has 1 aliphatic heterocycles. The van der Waals surface area contributed by atoms with Crippen LogP contribution in [0.4, 0.5) is 5.69 Å². The predicted octanol–water partition coefficient (Wildman–Crippen LogP) is 1.91. The summed E-state index contributed by atoms with van der Waals surface area (Å²) in [6, 6.07) is 11.4. The van der Waals surface area contributed by atoms with Crippen LogP contribution in [0.3, 0.4) is 0 Å². The van der Waals surface area contributed by atoms with Crippen LogP contribution in [0, 0.1) is 0 Å². The molecule has 4 rings (SSSR count). The Morgan fingerprint density at radius 1 is 1.12 bits per heavy atom. The van der Waals surface area contributed by atoms with Crippen LogP contribution >= 0.6 is 11.7 Å². The van der Waals surface area contributed by atoms with Crippen molar-refractivity contribution < 1.29 is 27.5 Å². The van der Waals surface area contributed by atoms with Crippen molar-refractivity contribution in [3.8, 4) is 0 Å². The first-order valence-electron chi connectivity index (χ1n) is 9.97. The van der Waals surface area contributed by atoms with Crippen LogP contribution in [0.2, 0.25) is 0 Å². The average molecular weight is 489 g/mol. The van der Waals surface area contributed by atoms with E-state index in [1.165, 1.54) is 28.6 Å². The van der Waals surface area contributed by atoms with Crippen molar-refractivity contribution in [2.75, 3.05) is 38.2 Å². The number of aromatic nitrogens is 2. The van der Waals surface area contributed by atoms with E-state index < -0.39 is 28.5 Å². The third-order valence-electron chi connectivity index (χ3n) is 4.81. The number of rotatable bonds is 7. The van der Waals surface area contributed by atoms with Crippen LogP contribution in [-0.4, -0.2) is 66.3 Å². The first kappa shape index (κ1) is 23.0. The van der Waals surface area contributed by atoms with E-state index in [0.29, 0.717) is 48.6 Å². The Balaban J connectivity index is 1.29. The van der Waals surface area contributed by atoms with Crippen LogP contribution in [-0.2, 0) is 29.1 Å². The summed E-state index contributed by atoms with van der Waals surface area (Å²) in [6.45, 7) is 0.919. The van der Waals surface area contributed by atoms with Gasteiger partial charge in [-0.3, -0.25) is 4.79 Å². The number of nitrogens with zero attached hydrogens (tertiary/aromatic N) is 3. The Morgan fingerprint density at radius 2 is 1.88 bits per heavy atom. The topological polar surface area (TPSA) is 128 Å². The molecule has 1 aliphatic rings. The number of carbonyl (C=O) groups excluding carboxylic acids is 2. The minimum atomic E-state index is -3.58. The van der Waals surface area contributed by atoms with Crippen LogP contribution < -0.4 is 5.32 Å². The van der Waals surface area contributed by atoms with Crippen molar-refractivity contribution in [2.45, 2.75) is 4.90 Å². The van der Waals surface area contributed by atoms with E-state index in [2.05, 4.69) is 14.1 Å². The number of amides is 1. The number of ether oxygens (including phenoxy) is 2. The fourth-order valence-electron chi connectivity index (χ4n) is 3.13. The lowest BCUT2D eigenvalue weighted by Crippen LogP contribution is -2.40. The maximum atomic E-state index is 12.6. The molecule has 0 atom stereocenters. The second-order valence-corrected chi connectivity index (χ2v) is 9.48. The second-order valence-electron chi connectivity index (χ2n) is 7.01. The van der Waals surface area contributed by atoms with Gasteiger partial charge in [-0.1, -0.05) is 18.2 Å². The highest BCUT2D eigenvalue weighted by atomic mass is 32.2. The number of fused-ring (bicyclic) bond motifs is 1. The first-order valence-corrected chi connectivity index (χ1v) is 12.1. The lowest BCUT2D eigenvalue weighted by Gasteiger charge is -2.26. The van der Waals surface area contributed by atoms with E-state index in [1.54, 1.807) is 30.3 Å². The normalized spacial score (nSPS) is 15.0. The fourth-order valence-corrected chi connectivity index (χ4v) is 5.09. The van der Waals surface area contributed by atoms with Crippen molar-refractivity contribution in [1.29, 1.82) is 0 Å². The lowest BCUT2D eigenvalue weighted by molar-refractivity contribution is -0.142. The smallest absolute Gasteiger partial charge is 0.331 e. The number of benzene rings is 2. The molecule has 2 heterocycles. The zero-order valence-electron chi connectivity index (χ0n) is 17.3. The minimum absolute atomic E-state index is 0.172. The second kappa shape index (κ2) is 10.2. The maximum absolute atomic E-state index is 12.6. The van der Waals surface area contributed by atoms with Gasteiger partial charge in [0.2, 0.25) is 10.0 Å². The van der Waals surface area contributed by atoms with Crippen LogP contribution in [0.25, 0.3) is 17.1 Å². The molecular weight excluding hydrogens is 468 g/mol. The summed E-state index contributed by atoms with van der Waals surface area (Å²) < 4.78 is 45.0. The Bertz CT molecular complexity index is 1280. The molecule has 33 heavy (non-hydrogen) atoms. The molecular formula is C21H20N4O6S2. The number of anilines is 1. The molecule has 10 nitrogen and oxygen atoms in total. The molecule has 1 saturated heterocycles. The molecule has 172 valence electrons. The van der Waals surface area contributed by atoms with Crippen molar-refractivity contribution >= 4 is 56.4 Å². The Labute approximate surface area is 194 Å². The molecule has 0 radical (unpaired) electrons. The number of carbonyl (C=O) groups is 2. The molecule has 1 fully saturated rings. The van der Waals surface area contributed by atoms with E-state index in [1.807, 2.05) is 0 Å². The van der Waals surface area contributed by atoms with Gasteiger partial charge in [-0.05, 0) is 35.9 Å². The van der Waals surface area contributed by atoms with Crippen molar-refractivity contribution in [3.05, 3.63) is 54.1 Å². The predicted molar refractivity (Wildman–Crippen MR) is 122 cm³/mol. The number of hydrogen-bond acceptors (Lipinski definition) is 9. The molecule has 0 bridgehead atoms. The van der Waals surface area contributed by atoms with Crippen LogP contribution in [0.15, 0.2) is 53.4 Å². The van der Waals surface area contributed by atoms with E-state index in [4.69, 9.17) is 9.47 Å². The molecule has 1 amide bonds. The maximum Gasteiger partial charge on any atom is 0.331 e. The summed E-state index contributed by atoms with van der Waals surface area (Å²) in [6.07, 6.45) is 2.65. The van der Waals surface area contributed by atoms with Crippen molar-refractivity contribution in [3.63, 3.8) is 0 Å². The van der Waals surface area contributed by atoms with Gasteiger partial charge in [0, 0.05) is 19.2 Å². The highest BCUT2D eigenvalue weighted by molar-refractivity contribution is 7.89. The fraction of sp³-hybridized carbons (Fsp3) is 0.238. The summed E-state index contributed by atoms with van der Waals surface area (Å²) >= 11 is 1.04. The van der Waals surface area contributed by atoms with E-state index >= 15 is 0 Å². The summed E-state index contributed by atoms with van der Waals surface area (Å²) in [7, 11) is -3.58. The summed E-state index contributed by atoms with van der Waals surface area (Å²) in [5, 5.41) is 2.64. The van der Waals surface area contributed by atoms with Crippen molar-refractivity contribution in [1.82, 2.24) is 13.1 Å². The minimum Gasteiger partial charge on any atom is -0.452 e. The summed E-state index contributed by atoms with van der Waals surface area (Å²) in [5.74, 6) is -1.21. The van der Waals surface area contributed by atoms with E-state index in [0.717, 1.165) is 11.7 Å². The SMILES string of the molecule is O=C(COC(=O)/C=C/c1ccc(S(=O)(=O)N2CCOCC2)cc1)Nc1cccc2nsnc12. The molecule has 0 unspecified atom stereocenters. The molecule has 3 aromatic rings. The van der Waals surface area contributed by atoms with Gasteiger partial charge < -0.3 is 14.8 Å². The van der Waals surface area contributed by atoms with Gasteiger partial charge in [-0.2, -0.15) is 13.1 Å². The highest BCUT2D eigenvalue weighted by Gasteiger charge is 2.25. The standard InChI is InChI=1S/C21H20N4O6S2/c26-19(22-17-2-1-3-18-21(17)24-32-23-18)14-31-20(27)9-6-15-4-7-16(8-5-15)33(28,29)25-10-12-30-13-11-25/h1-9H,10-14H2,(H,22,26)/b9-6+. The first-order chi connectivity index (χ1) is 15.9. The molecule has 2 aromatic carbocycles. The zero-order valence-corrected chi connectivity index (χ0v) is 19.0. The van der Waals surface area contributed by atoms with Crippen LogP contribution in [0.1, 0.15) is 5.56 Å². The monoisotopic (exact) mass is 488 g/mol. The largest absolute Gasteiger partial charge is 0.452 e. The molecule has 12 heteroatoms. The van der Waals surface area contributed by atoms with Gasteiger partial charge in [0.05, 0.1) is 35.5 Å². The summed E-state index contributed by atoms with van der Waals surface area (Å²) in [4.78, 5) is 24.2.